The molecule has 0 aliphatic carbocycles. The van der Waals surface area contributed by atoms with Crippen LogP contribution in [0, 0.1) is 6.92 Å². The maximum atomic E-state index is 10.5. The lowest BCUT2D eigenvalue weighted by Gasteiger charge is -1.89. The van der Waals surface area contributed by atoms with Gasteiger partial charge in [0.05, 0.1) is 23.9 Å². The normalized spacial score (nSPS) is 10.4. The lowest BCUT2D eigenvalue weighted by atomic mass is 10.2. The zero-order valence-electron chi connectivity index (χ0n) is 7.56. The van der Waals surface area contributed by atoms with Crippen molar-refractivity contribution in [3.63, 3.8) is 0 Å². The lowest BCUT2D eigenvalue weighted by Crippen LogP contribution is -1.89. The summed E-state index contributed by atoms with van der Waals surface area (Å²) in [5.41, 5.74) is 1.17. The summed E-state index contributed by atoms with van der Waals surface area (Å²) in [5.74, 6) is 1.24. The quantitative estimate of drug-likeness (QED) is 0.687. The molecule has 2 aromatic rings. The second kappa shape index (κ2) is 3.45. The van der Waals surface area contributed by atoms with Gasteiger partial charge in [0.15, 0.2) is 12.0 Å². The first-order chi connectivity index (χ1) is 6.79. The van der Waals surface area contributed by atoms with E-state index in [1.54, 1.807) is 13.0 Å². The third-order valence-corrected chi connectivity index (χ3v) is 1.82. The highest BCUT2D eigenvalue weighted by molar-refractivity contribution is 5.75. The molecule has 0 saturated heterocycles. The first kappa shape index (κ1) is 8.68. The van der Waals surface area contributed by atoms with E-state index < -0.39 is 0 Å². The summed E-state index contributed by atoms with van der Waals surface area (Å²) >= 11 is 0. The topological polar surface area (TPSA) is 69.1 Å². The van der Waals surface area contributed by atoms with Crippen molar-refractivity contribution in [3.05, 3.63) is 35.0 Å². The predicted molar refractivity (Wildman–Crippen MR) is 45.9 cm³/mol. The van der Waals surface area contributed by atoms with E-state index in [-0.39, 0.29) is 0 Å². The number of aldehydes is 1. The molecule has 0 bridgehead atoms. The molecule has 0 saturated carbocycles. The smallest absolute Gasteiger partial charge is 0.155 e. The summed E-state index contributed by atoms with van der Waals surface area (Å²) in [6, 6.07) is 1.79. The van der Waals surface area contributed by atoms with Crippen molar-refractivity contribution in [2.45, 2.75) is 13.3 Å². The molecule has 14 heavy (non-hydrogen) atoms. The molecule has 72 valence electrons. The molecule has 0 spiro atoms. The van der Waals surface area contributed by atoms with E-state index in [0.29, 0.717) is 24.0 Å². The van der Waals surface area contributed by atoms with E-state index in [1.807, 2.05) is 0 Å². The Hall–Kier alpha value is -1.91. The molecule has 0 amide bonds. The first-order valence-electron chi connectivity index (χ1n) is 4.10. The van der Waals surface area contributed by atoms with Crippen molar-refractivity contribution >= 4 is 6.29 Å². The molecule has 5 nitrogen and oxygen atoms in total. The summed E-state index contributed by atoms with van der Waals surface area (Å²) in [5, 5.41) is 7.32. The molecule has 2 rings (SSSR count). The Kier molecular flexibility index (Phi) is 2.14. The van der Waals surface area contributed by atoms with Gasteiger partial charge in [0, 0.05) is 6.07 Å². The molecule has 0 aliphatic rings. The average Bonchev–Trinajstić information content (AvgIpc) is 2.76. The Morgan fingerprint density at radius 2 is 2.36 bits per heavy atom. The number of hydrogen-bond donors (Lipinski definition) is 0. The third kappa shape index (κ3) is 1.56. The van der Waals surface area contributed by atoms with Crippen LogP contribution < -0.4 is 0 Å². The van der Waals surface area contributed by atoms with E-state index >= 15 is 0 Å². The number of nitrogens with zero attached hydrogens (tertiary/aromatic N) is 2. The molecule has 0 aromatic carbocycles. The van der Waals surface area contributed by atoms with Crippen LogP contribution in [0.4, 0.5) is 0 Å². The van der Waals surface area contributed by atoms with Crippen molar-refractivity contribution in [1.29, 1.82) is 0 Å². The standard InChI is InChI=1S/C9H8N2O3/c1-6-2-8(11-13-6)3-9-7(5-12)4-10-14-9/h2,4-5H,3H2,1H3. The fourth-order valence-corrected chi connectivity index (χ4v) is 1.17. The Morgan fingerprint density at radius 3 is 3.00 bits per heavy atom. The molecule has 0 aliphatic heterocycles. The van der Waals surface area contributed by atoms with E-state index in [1.165, 1.54) is 6.20 Å². The lowest BCUT2D eigenvalue weighted by molar-refractivity contribution is 0.112. The van der Waals surface area contributed by atoms with Gasteiger partial charge in [0.1, 0.15) is 5.76 Å². The summed E-state index contributed by atoms with van der Waals surface area (Å²) < 4.78 is 9.79. The minimum atomic E-state index is 0.422. The number of aromatic nitrogens is 2. The molecule has 0 fully saturated rings. The fourth-order valence-electron chi connectivity index (χ4n) is 1.17. The fraction of sp³-hybridized carbons (Fsp3) is 0.222. The molecule has 2 heterocycles. The number of rotatable bonds is 3. The number of hydrogen-bond acceptors (Lipinski definition) is 5. The van der Waals surface area contributed by atoms with Gasteiger partial charge in [0.25, 0.3) is 0 Å². The predicted octanol–water partition coefficient (Wildman–Crippen LogP) is 1.37. The third-order valence-electron chi connectivity index (χ3n) is 1.82. The van der Waals surface area contributed by atoms with Crippen molar-refractivity contribution in [1.82, 2.24) is 10.3 Å². The number of carbonyl (C=O) groups excluding carboxylic acids is 1. The first-order valence-corrected chi connectivity index (χ1v) is 4.10. The second-order valence-electron chi connectivity index (χ2n) is 2.93. The van der Waals surface area contributed by atoms with Gasteiger partial charge in [-0.15, -0.1) is 0 Å². The minimum absolute atomic E-state index is 0.422. The van der Waals surface area contributed by atoms with E-state index in [2.05, 4.69) is 10.3 Å². The van der Waals surface area contributed by atoms with Gasteiger partial charge in [-0.1, -0.05) is 10.3 Å². The Morgan fingerprint density at radius 1 is 1.50 bits per heavy atom. The second-order valence-corrected chi connectivity index (χ2v) is 2.93. The molecule has 5 heteroatoms. The van der Waals surface area contributed by atoms with Crippen LogP contribution in [0.25, 0.3) is 0 Å². The van der Waals surface area contributed by atoms with Gasteiger partial charge >= 0.3 is 0 Å². The average molecular weight is 192 g/mol. The SMILES string of the molecule is Cc1cc(Cc2oncc2C=O)no1. The Bertz CT molecular complexity index is 444. The van der Waals surface area contributed by atoms with Gasteiger partial charge in [-0.3, -0.25) is 4.79 Å². The van der Waals surface area contributed by atoms with Gasteiger partial charge < -0.3 is 9.05 Å². The van der Waals surface area contributed by atoms with E-state index in [9.17, 15) is 4.79 Å². The van der Waals surface area contributed by atoms with Gasteiger partial charge in [0.2, 0.25) is 0 Å². The summed E-state index contributed by atoms with van der Waals surface area (Å²) in [7, 11) is 0. The highest BCUT2D eigenvalue weighted by Gasteiger charge is 2.10. The molecule has 0 radical (unpaired) electrons. The van der Waals surface area contributed by atoms with E-state index in [4.69, 9.17) is 9.05 Å². The highest BCUT2D eigenvalue weighted by atomic mass is 16.5. The molecule has 0 N–H and O–H groups in total. The number of carbonyl (C=O) groups is 1. The van der Waals surface area contributed by atoms with Crippen molar-refractivity contribution in [2.24, 2.45) is 0 Å². The van der Waals surface area contributed by atoms with Crippen molar-refractivity contribution < 1.29 is 13.8 Å². The number of aryl methyl sites for hydroxylation is 1. The molecule has 0 atom stereocenters. The molecular formula is C9H8N2O3. The monoisotopic (exact) mass is 192 g/mol. The van der Waals surface area contributed by atoms with Gasteiger partial charge in [-0.05, 0) is 6.92 Å². The van der Waals surface area contributed by atoms with Crippen LogP contribution in [0.15, 0.2) is 21.3 Å². The maximum Gasteiger partial charge on any atom is 0.155 e. The van der Waals surface area contributed by atoms with Crippen LogP contribution in [-0.2, 0) is 6.42 Å². The van der Waals surface area contributed by atoms with Gasteiger partial charge in [-0.2, -0.15) is 0 Å². The Labute approximate surface area is 79.7 Å². The molecular weight excluding hydrogens is 184 g/mol. The zero-order chi connectivity index (χ0) is 9.97. The van der Waals surface area contributed by atoms with Crippen molar-refractivity contribution in [3.8, 4) is 0 Å². The van der Waals surface area contributed by atoms with E-state index in [0.717, 1.165) is 11.5 Å². The largest absolute Gasteiger partial charge is 0.361 e. The Balaban J connectivity index is 2.22. The maximum absolute atomic E-state index is 10.5. The minimum Gasteiger partial charge on any atom is -0.361 e. The van der Waals surface area contributed by atoms with Crippen LogP contribution in [0.3, 0.4) is 0 Å². The molecule has 2 aromatic heterocycles. The van der Waals surface area contributed by atoms with Crippen LogP contribution in [0.5, 0.6) is 0 Å². The summed E-state index contributed by atoms with van der Waals surface area (Å²) in [4.78, 5) is 10.5. The van der Waals surface area contributed by atoms with Crippen LogP contribution in [0.1, 0.15) is 27.6 Å². The highest BCUT2D eigenvalue weighted by Crippen LogP contribution is 2.12. The summed E-state index contributed by atoms with van der Waals surface area (Å²) in [6.45, 7) is 1.80. The molecule has 0 unspecified atom stereocenters. The van der Waals surface area contributed by atoms with Crippen molar-refractivity contribution in [2.75, 3.05) is 0 Å². The van der Waals surface area contributed by atoms with Gasteiger partial charge in [-0.25, -0.2) is 0 Å². The van der Waals surface area contributed by atoms with Crippen LogP contribution in [-0.4, -0.2) is 16.6 Å². The van der Waals surface area contributed by atoms with Crippen LogP contribution >= 0.6 is 0 Å². The zero-order valence-corrected chi connectivity index (χ0v) is 7.56. The van der Waals surface area contributed by atoms with Crippen LogP contribution in [0.2, 0.25) is 0 Å². The summed E-state index contributed by atoms with van der Waals surface area (Å²) in [6.07, 6.45) is 2.51.